The van der Waals surface area contributed by atoms with Crippen LogP contribution < -0.4 is 0 Å². The Morgan fingerprint density at radius 1 is 1.15 bits per heavy atom. The maximum atomic E-state index is 10.4. The van der Waals surface area contributed by atoms with E-state index in [1.54, 1.807) is 18.2 Å². The van der Waals surface area contributed by atoms with E-state index in [9.17, 15) is 9.90 Å². The molecule has 0 unspecified atom stereocenters. The lowest BCUT2D eigenvalue weighted by Crippen LogP contribution is -1.99. The van der Waals surface area contributed by atoms with Crippen LogP contribution >= 0.6 is 0 Å². The fraction of sp³-hybridized carbons (Fsp3) is 0. The fourth-order valence-electron chi connectivity index (χ4n) is 1.06. The van der Waals surface area contributed by atoms with Crippen molar-refractivity contribution in [2.24, 2.45) is 0 Å². The van der Waals surface area contributed by atoms with Gasteiger partial charge in [-0.05, 0) is 12.1 Å². The molecule has 0 aliphatic heterocycles. The SMILES string of the molecule is [O]C(=O)c1cnc2ccccc2n1. The summed E-state index contributed by atoms with van der Waals surface area (Å²) in [7, 11) is 0. The number of para-hydroxylation sites is 2. The second-order valence-electron chi connectivity index (χ2n) is 2.53. The summed E-state index contributed by atoms with van der Waals surface area (Å²) in [6.45, 7) is 0. The van der Waals surface area contributed by atoms with Gasteiger partial charge in [0.15, 0.2) is 5.69 Å². The van der Waals surface area contributed by atoms with Crippen LogP contribution in [0, 0.1) is 0 Å². The van der Waals surface area contributed by atoms with Crippen LogP contribution in [-0.4, -0.2) is 15.9 Å². The van der Waals surface area contributed by atoms with Crippen LogP contribution in [0.25, 0.3) is 11.0 Å². The van der Waals surface area contributed by atoms with Crippen LogP contribution in [0.2, 0.25) is 0 Å². The van der Waals surface area contributed by atoms with Gasteiger partial charge in [0, 0.05) is 0 Å². The van der Waals surface area contributed by atoms with E-state index >= 15 is 0 Å². The van der Waals surface area contributed by atoms with Crippen molar-refractivity contribution in [3.05, 3.63) is 36.2 Å². The molecule has 4 heteroatoms. The zero-order valence-electron chi connectivity index (χ0n) is 6.60. The normalized spacial score (nSPS) is 10.2. The number of hydrogen-bond acceptors (Lipinski definition) is 3. The average molecular weight is 173 g/mol. The summed E-state index contributed by atoms with van der Waals surface area (Å²) in [6, 6.07) is 7.06. The van der Waals surface area contributed by atoms with E-state index in [0.717, 1.165) is 0 Å². The molecule has 0 aliphatic carbocycles. The molecule has 0 fully saturated rings. The van der Waals surface area contributed by atoms with Crippen LogP contribution in [0.1, 0.15) is 10.5 Å². The Morgan fingerprint density at radius 2 is 1.85 bits per heavy atom. The number of fused-ring (bicyclic) bond motifs is 1. The van der Waals surface area contributed by atoms with Crippen LogP contribution in [0.3, 0.4) is 0 Å². The molecule has 0 saturated heterocycles. The first kappa shape index (κ1) is 7.67. The summed E-state index contributed by atoms with van der Waals surface area (Å²) in [6.07, 6.45) is 1.19. The van der Waals surface area contributed by atoms with Gasteiger partial charge in [-0.15, -0.1) is 0 Å². The molecule has 0 atom stereocenters. The Kier molecular flexibility index (Phi) is 1.66. The van der Waals surface area contributed by atoms with E-state index < -0.39 is 5.97 Å². The van der Waals surface area contributed by atoms with Crippen molar-refractivity contribution in [3.63, 3.8) is 0 Å². The molecular weight excluding hydrogens is 168 g/mol. The second kappa shape index (κ2) is 2.82. The third-order valence-corrected chi connectivity index (χ3v) is 1.66. The summed E-state index contributed by atoms with van der Waals surface area (Å²) in [5.41, 5.74) is 1.09. The van der Waals surface area contributed by atoms with E-state index in [4.69, 9.17) is 0 Å². The standard InChI is InChI=1S/C9H5N2O2/c12-9(13)8-5-10-6-3-1-2-4-7(6)11-8/h1-5H. The van der Waals surface area contributed by atoms with Gasteiger partial charge < -0.3 is 0 Å². The Balaban J connectivity index is 2.69. The molecule has 0 spiro atoms. The highest BCUT2D eigenvalue weighted by Gasteiger charge is 2.07. The van der Waals surface area contributed by atoms with Crippen molar-refractivity contribution in [2.45, 2.75) is 0 Å². The van der Waals surface area contributed by atoms with Crippen molar-refractivity contribution < 1.29 is 9.90 Å². The van der Waals surface area contributed by atoms with Gasteiger partial charge in [-0.25, -0.2) is 14.9 Å². The monoisotopic (exact) mass is 173 g/mol. The van der Waals surface area contributed by atoms with Crippen molar-refractivity contribution in [2.75, 3.05) is 0 Å². The van der Waals surface area contributed by atoms with Gasteiger partial charge in [0.25, 0.3) is 0 Å². The molecular formula is C9H5N2O2. The van der Waals surface area contributed by atoms with Gasteiger partial charge in [-0.2, -0.15) is 0 Å². The molecule has 13 heavy (non-hydrogen) atoms. The number of nitrogens with zero attached hydrogens (tertiary/aromatic N) is 2. The zero-order chi connectivity index (χ0) is 9.26. The molecule has 0 N–H and O–H groups in total. The number of benzene rings is 1. The highest BCUT2D eigenvalue weighted by molar-refractivity contribution is 5.87. The van der Waals surface area contributed by atoms with E-state index in [1.807, 2.05) is 6.07 Å². The minimum absolute atomic E-state index is 0.140. The predicted molar refractivity (Wildman–Crippen MR) is 44.6 cm³/mol. The molecule has 0 aliphatic rings. The number of carbonyl (C=O) groups excluding carboxylic acids is 1. The quantitative estimate of drug-likeness (QED) is 0.650. The van der Waals surface area contributed by atoms with Crippen LogP contribution in [0.5, 0.6) is 0 Å². The molecule has 1 heterocycles. The topological polar surface area (TPSA) is 62.8 Å². The molecule has 0 saturated carbocycles. The summed E-state index contributed by atoms with van der Waals surface area (Å²) in [5.74, 6) is -1.31. The van der Waals surface area contributed by atoms with E-state index in [-0.39, 0.29) is 5.69 Å². The van der Waals surface area contributed by atoms with Crippen molar-refractivity contribution in [1.82, 2.24) is 9.97 Å². The minimum atomic E-state index is -1.31. The van der Waals surface area contributed by atoms with Gasteiger partial charge in [0.05, 0.1) is 17.2 Å². The summed E-state index contributed by atoms with van der Waals surface area (Å²) in [5, 5.41) is 10.4. The molecule has 1 aromatic carbocycles. The highest BCUT2D eigenvalue weighted by atomic mass is 16.4. The lowest BCUT2D eigenvalue weighted by molar-refractivity contribution is 0.0566. The number of carbonyl (C=O) groups is 1. The van der Waals surface area contributed by atoms with Gasteiger partial charge >= 0.3 is 5.97 Å². The van der Waals surface area contributed by atoms with Crippen LogP contribution in [0.4, 0.5) is 0 Å². The largest absolute Gasteiger partial charge is 0.406 e. The number of aromatic nitrogens is 2. The van der Waals surface area contributed by atoms with Gasteiger partial charge in [0.2, 0.25) is 0 Å². The molecule has 2 aromatic rings. The van der Waals surface area contributed by atoms with Crippen molar-refractivity contribution in [3.8, 4) is 0 Å². The molecule has 63 valence electrons. The highest BCUT2D eigenvalue weighted by Crippen LogP contribution is 2.07. The third kappa shape index (κ3) is 1.33. The Hall–Kier alpha value is -1.97. The summed E-state index contributed by atoms with van der Waals surface area (Å²) in [4.78, 5) is 18.2. The maximum absolute atomic E-state index is 10.4. The second-order valence-corrected chi connectivity index (χ2v) is 2.53. The first-order chi connectivity index (χ1) is 6.27. The van der Waals surface area contributed by atoms with Crippen molar-refractivity contribution in [1.29, 1.82) is 0 Å². The molecule has 0 amide bonds. The third-order valence-electron chi connectivity index (χ3n) is 1.66. The van der Waals surface area contributed by atoms with Gasteiger partial charge in [0.1, 0.15) is 0 Å². The number of hydrogen-bond donors (Lipinski definition) is 0. The zero-order valence-corrected chi connectivity index (χ0v) is 6.60. The summed E-state index contributed by atoms with van der Waals surface area (Å²) < 4.78 is 0. The Bertz CT molecular complexity index is 468. The smallest absolute Gasteiger partial charge is 0.252 e. The molecule has 4 nitrogen and oxygen atoms in total. The maximum Gasteiger partial charge on any atom is 0.406 e. The molecule has 1 radical (unpaired) electrons. The first-order valence-corrected chi connectivity index (χ1v) is 3.70. The van der Waals surface area contributed by atoms with Crippen LogP contribution in [0.15, 0.2) is 30.5 Å². The van der Waals surface area contributed by atoms with Crippen molar-refractivity contribution >= 4 is 17.0 Å². The summed E-state index contributed by atoms with van der Waals surface area (Å²) >= 11 is 0. The first-order valence-electron chi connectivity index (χ1n) is 3.70. The average Bonchev–Trinajstić information content (AvgIpc) is 2.17. The lowest BCUT2D eigenvalue weighted by Gasteiger charge is -1.95. The predicted octanol–water partition coefficient (Wildman–Crippen LogP) is 1.20. The van der Waals surface area contributed by atoms with E-state index in [2.05, 4.69) is 9.97 Å². The fourth-order valence-corrected chi connectivity index (χ4v) is 1.06. The number of rotatable bonds is 1. The molecule has 2 rings (SSSR count). The van der Waals surface area contributed by atoms with E-state index in [1.165, 1.54) is 6.20 Å². The van der Waals surface area contributed by atoms with E-state index in [0.29, 0.717) is 11.0 Å². The Labute approximate surface area is 73.9 Å². The van der Waals surface area contributed by atoms with Gasteiger partial charge in [-0.3, -0.25) is 4.98 Å². The van der Waals surface area contributed by atoms with Gasteiger partial charge in [-0.1, -0.05) is 12.1 Å². The Morgan fingerprint density at radius 3 is 2.54 bits per heavy atom. The van der Waals surface area contributed by atoms with Crippen LogP contribution in [-0.2, 0) is 5.11 Å². The minimum Gasteiger partial charge on any atom is -0.252 e. The molecule has 1 aromatic heterocycles. The molecule has 0 bridgehead atoms. The lowest BCUT2D eigenvalue weighted by atomic mass is 10.3.